The summed E-state index contributed by atoms with van der Waals surface area (Å²) in [5.41, 5.74) is 9.40. The zero-order chi connectivity index (χ0) is 31.9. The van der Waals surface area contributed by atoms with Crippen molar-refractivity contribution in [2.75, 3.05) is 0 Å². The van der Waals surface area contributed by atoms with Crippen molar-refractivity contribution >= 4 is 75.5 Å². The molecule has 7 heteroatoms. The molecule has 0 atom stereocenters. The SMILES string of the molecule is [Be+2].[c-]1ccc(-c2ccc3ccc4cccnc4c3n2)c2cccnc12.[c-]1ccc(-c2ccc3ccc4cccnc4c3n2)c2cccnc12. The Hall–Kier alpha value is -6.49. The van der Waals surface area contributed by atoms with Crippen molar-refractivity contribution < 1.29 is 0 Å². The van der Waals surface area contributed by atoms with E-state index < -0.39 is 0 Å². The van der Waals surface area contributed by atoms with E-state index in [4.69, 9.17) is 9.97 Å². The zero-order valence-corrected chi connectivity index (χ0v) is 26.2. The number of benzene rings is 4. The van der Waals surface area contributed by atoms with Gasteiger partial charge in [-0.1, -0.05) is 60.7 Å². The normalized spacial score (nSPS) is 11.1. The zero-order valence-electron chi connectivity index (χ0n) is 26.2. The molecule has 0 fully saturated rings. The van der Waals surface area contributed by atoms with Gasteiger partial charge in [-0.05, 0) is 35.3 Å². The molecule has 49 heavy (non-hydrogen) atoms. The molecule has 0 amide bonds. The fourth-order valence-electron chi connectivity index (χ4n) is 6.26. The first-order chi connectivity index (χ1) is 23.8. The van der Waals surface area contributed by atoms with E-state index >= 15 is 0 Å². The van der Waals surface area contributed by atoms with E-state index in [0.717, 1.165) is 87.9 Å². The molecule has 0 unspecified atom stereocenters. The smallest absolute Gasteiger partial charge is 0.283 e. The van der Waals surface area contributed by atoms with Gasteiger partial charge in [-0.2, -0.15) is 36.4 Å². The fraction of sp³-hybridized carbons (Fsp3) is 0. The van der Waals surface area contributed by atoms with Crippen molar-refractivity contribution in [2.45, 2.75) is 0 Å². The molecule has 4 aromatic carbocycles. The Labute approximate surface area is 285 Å². The molecule has 0 spiro atoms. The van der Waals surface area contributed by atoms with Crippen LogP contribution in [0.2, 0.25) is 0 Å². The van der Waals surface area contributed by atoms with Crippen LogP contribution < -0.4 is 0 Å². The van der Waals surface area contributed by atoms with Crippen LogP contribution in [0.25, 0.3) is 87.9 Å². The van der Waals surface area contributed by atoms with Gasteiger partial charge in [0, 0.05) is 57.7 Å². The number of rotatable bonds is 2. The van der Waals surface area contributed by atoms with Gasteiger partial charge in [0.1, 0.15) is 0 Å². The largest absolute Gasteiger partial charge is 2.00 e. The van der Waals surface area contributed by atoms with Gasteiger partial charge in [0.15, 0.2) is 0 Å². The van der Waals surface area contributed by atoms with Gasteiger partial charge in [-0.25, -0.2) is 9.97 Å². The third-order valence-electron chi connectivity index (χ3n) is 8.55. The van der Waals surface area contributed by atoms with E-state index in [0.29, 0.717) is 0 Å². The molecule has 6 aromatic heterocycles. The summed E-state index contributed by atoms with van der Waals surface area (Å²) in [5, 5.41) is 6.50. The van der Waals surface area contributed by atoms with Gasteiger partial charge >= 0.3 is 10.1 Å². The Bertz CT molecular complexity index is 2610. The van der Waals surface area contributed by atoms with Crippen LogP contribution in [0.15, 0.2) is 146 Å². The van der Waals surface area contributed by atoms with Gasteiger partial charge in [0.05, 0.1) is 22.1 Å². The molecule has 0 aliphatic carbocycles. The summed E-state index contributed by atoms with van der Waals surface area (Å²) in [7, 11) is 0. The first kappa shape index (κ1) is 29.9. The third-order valence-corrected chi connectivity index (χ3v) is 8.55. The van der Waals surface area contributed by atoms with E-state index in [1.54, 1.807) is 12.4 Å². The van der Waals surface area contributed by atoms with Gasteiger partial charge in [0.2, 0.25) is 0 Å². The topological polar surface area (TPSA) is 77.3 Å². The average molecular weight is 622 g/mol. The molecule has 0 radical (unpaired) electrons. The molecule has 6 heterocycles. The van der Waals surface area contributed by atoms with Gasteiger partial charge in [0.25, 0.3) is 0 Å². The Morgan fingerprint density at radius 1 is 0.367 bits per heavy atom. The van der Waals surface area contributed by atoms with Gasteiger partial charge < -0.3 is 0 Å². The molecule has 0 aliphatic rings. The molecule has 224 valence electrons. The molecule has 10 rings (SSSR count). The summed E-state index contributed by atoms with van der Waals surface area (Å²) in [5.74, 6) is 0. The van der Waals surface area contributed by atoms with Gasteiger partial charge in [-0.3, -0.25) is 19.9 Å². The molecule has 0 aliphatic heterocycles. The quantitative estimate of drug-likeness (QED) is 0.109. The van der Waals surface area contributed by atoms with E-state index in [-0.39, 0.29) is 10.1 Å². The summed E-state index contributed by atoms with van der Waals surface area (Å²) in [6.45, 7) is 0. The number of aromatic nitrogens is 6. The summed E-state index contributed by atoms with van der Waals surface area (Å²) in [6, 6.07) is 46.9. The van der Waals surface area contributed by atoms with Crippen LogP contribution in [0.3, 0.4) is 0 Å². The minimum absolute atomic E-state index is 0. The van der Waals surface area contributed by atoms with Gasteiger partial charge in [-0.15, -0.1) is 34.0 Å². The Balaban J connectivity index is 0.000000139. The first-order valence-electron chi connectivity index (χ1n) is 15.6. The molecule has 0 bridgehead atoms. The summed E-state index contributed by atoms with van der Waals surface area (Å²) < 4.78 is 0. The number of fused-ring (bicyclic) bond motifs is 8. The second-order valence-corrected chi connectivity index (χ2v) is 11.4. The second-order valence-electron chi connectivity index (χ2n) is 11.4. The van der Waals surface area contributed by atoms with Crippen LogP contribution in [0.1, 0.15) is 0 Å². The fourth-order valence-corrected chi connectivity index (χ4v) is 6.26. The Kier molecular flexibility index (Phi) is 7.69. The minimum atomic E-state index is 0. The maximum atomic E-state index is 4.92. The molecule has 0 saturated heterocycles. The van der Waals surface area contributed by atoms with E-state index in [2.05, 4.69) is 105 Å². The van der Waals surface area contributed by atoms with E-state index in [1.165, 1.54) is 0 Å². The molecular formula is C42H24BeN6. The van der Waals surface area contributed by atoms with E-state index in [9.17, 15) is 0 Å². The predicted octanol–water partition coefficient (Wildman–Crippen LogP) is 9.22. The molecular weight excluding hydrogens is 598 g/mol. The molecule has 10 aromatic rings. The van der Waals surface area contributed by atoms with Crippen molar-refractivity contribution in [1.82, 2.24) is 29.9 Å². The predicted molar refractivity (Wildman–Crippen MR) is 199 cm³/mol. The van der Waals surface area contributed by atoms with Crippen molar-refractivity contribution in [3.05, 3.63) is 158 Å². The second kappa shape index (κ2) is 12.6. The van der Waals surface area contributed by atoms with Crippen LogP contribution in [0, 0.1) is 12.1 Å². The Morgan fingerprint density at radius 2 is 0.755 bits per heavy atom. The molecule has 0 saturated carbocycles. The average Bonchev–Trinajstić information content (AvgIpc) is 3.17. The first-order valence-corrected chi connectivity index (χ1v) is 15.6. The number of hydrogen-bond acceptors (Lipinski definition) is 6. The number of pyridine rings is 6. The van der Waals surface area contributed by atoms with Crippen LogP contribution in [-0.4, -0.2) is 40.0 Å². The number of nitrogens with zero attached hydrogens (tertiary/aromatic N) is 6. The van der Waals surface area contributed by atoms with Crippen molar-refractivity contribution in [2.24, 2.45) is 0 Å². The molecule has 6 nitrogen and oxygen atoms in total. The van der Waals surface area contributed by atoms with Crippen LogP contribution >= 0.6 is 0 Å². The Morgan fingerprint density at radius 3 is 1.22 bits per heavy atom. The van der Waals surface area contributed by atoms with Crippen LogP contribution in [-0.2, 0) is 0 Å². The summed E-state index contributed by atoms with van der Waals surface area (Å²) in [4.78, 5) is 27.7. The van der Waals surface area contributed by atoms with E-state index in [1.807, 2.05) is 60.9 Å². The summed E-state index contributed by atoms with van der Waals surface area (Å²) >= 11 is 0. The monoisotopic (exact) mass is 621 g/mol. The van der Waals surface area contributed by atoms with Crippen LogP contribution in [0.5, 0.6) is 0 Å². The van der Waals surface area contributed by atoms with Crippen molar-refractivity contribution in [3.8, 4) is 22.5 Å². The third kappa shape index (κ3) is 5.40. The summed E-state index contributed by atoms with van der Waals surface area (Å²) in [6.07, 6.45) is 7.20. The van der Waals surface area contributed by atoms with Crippen LogP contribution in [0.4, 0.5) is 0 Å². The standard InChI is InChI=1S/2C21H12N3.Be/c2*1-5-17(16-6-3-12-22-18(16)7-1)19-11-10-15-9-8-14-4-2-13-23-20(14)21(15)24-19;/h2*1-6,8-13H;/q2*-1;+2. The number of hydrogen-bond donors (Lipinski definition) is 0. The maximum absolute atomic E-state index is 4.92. The molecule has 0 N–H and O–H groups in total. The van der Waals surface area contributed by atoms with Crippen molar-refractivity contribution in [3.63, 3.8) is 0 Å². The maximum Gasteiger partial charge on any atom is 2.00 e. The minimum Gasteiger partial charge on any atom is -0.283 e. The van der Waals surface area contributed by atoms with Crippen molar-refractivity contribution in [1.29, 1.82) is 0 Å².